The lowest BCUT2D eigenvalue weighted by Crippen LogP contribution is -2.80. The number of carbonyl (C=O) groups is 3. The number of aliphatic hydroxyl groups is 3. The van der Waals surface area contributed by atoms with Crippen LogP contribution in [-0.4, -0.2) is 75.3 Å². The zero-order valence-corrected chi connectivity index (χ0v) is 23.3. The van der Waals surface area contributed by atoms with Gasteiger partial charge in [-0.25, -0.2) is 4.79 Å². The maximum Gasteiger partial charge on any atom is 0.338 e. The van der Waals surface area contributed by atoms with E-state index in [0.717, 1.165) is 0 Å². The second-order valence-corrected chi connectivity index (χ2v) is 12.6. The first-order valence-corrected chi connectivity index (χ1v) is 13.5. The van der Waals surface area contributed by atoms with Gasteiger partial charge in [-0.3, -0.25) is 9.59 Å². The molecule has 2 saturated carbocycles. The third-order valence-corrected chi connectivity index (χ3v) is 10.4. The Bertz CT molecular complexity index is 1240. The van der Waals surface area contributed by atoms with Crippen molar-refractivity contribution in [2.75, 3.05) is 6.61 Å². The van der Waals surface area contributed by atoms with Crippen molar-refractivity contribution in [3.8, 4) is 0 Å². The summed E-state index contributed by atoms with van der Waals surface area (Å²) in [5, 5.41) is 35.5. The zero-order valence-electron chi connectivity index (χ0n) is 23.3. The highest BCUT2D eigenvalue weighted by Gasteiger charge is 2.77. The molecule has 3 N–H and O–H groups in total. The Morgan fingerprint density at radius 2 is 1.74 bits per heavy atom. The Morgan fingerprint density at radius 1 is 1.10 bits per heavy atom. The Labute approximate surface area is 228 Å². The third kappa shape index (κ3) is 3.63. The Morgan fingerprint density at radius 3 is 2.31 bits per heavy atom. The van der Waals surface area contributed by atoms with Gasteiger partial charge in [0.2, 0.25) is 0 Å². The maximum atomic E-state index is 14.4. The van der Waals surface area contributed by atoms with Crippen LogP contribution in [0.2, 0.25) is 0 Å². The molecule has 0 aromatic heterocycles. The molecule has 0 spiro atoms. The highest BCUT2D eigenvalue weighted by atomic mass is 16.6. The molecular weight excluding hydrogens is 504 g/mol. The van der Waals surface area contributed by atoms with E-state index in [1.807, 2.05) is 6.92 Å². The summed E-state index contributed by atoms with van der Waals surface area (Å²) in [6, 6.07) is 8.29. The normalized spacial score (nSPS) is 42.7. The van der Waals surface area contributed by atoms with Crippen LogP contribution in [0.25, 0.3) is 0 Å². The van der Waals surface area contributed by atoms with Gasteiger partial charge in [0.1, 0.15) is 23.9 Å². The van der Waals surface area contributed by atoms with Crippen molar-refractivity contribution in [3.63, 3.8) is 0 Å². The summed E-state index contributed by atoms with van der Waals surface area (Å²) in [4.78, 5) is 40.6. The fourth-order valence-electron chi connectivity index (χ4n) is 7.96. The van der Waals surface area contributed by atoms with E-state index in [0.29, 0.717) is 12.0 Å². The first-order chi connectivity index (χ1) is 18.1. The molecule has 0 radical (unpaired) electrons. The predicted octanol–water partition coefficient (Wildman–Crippen LogP) is 2.36. The van der Waals surface area contributed by atoms with Gasteiger partial charge >= 0.3 is 11.9 Å². The lowest BCUT2D eigenvalue weighted by Gasteiger charge is -2.67. The summed E-state index contributed by atoms with van der Waals surface area (Å²) < 4.78 is 18.1. The van der Waals surface area contributed by atoms with Gasteiger partial charge in [0.15, 0.2) is 11.4 Å². The van der Waals surface area contributed by atoms with Crippen LogP contribution in [0.4, 0.5) is 0 Å². The standard InChI is InChI=1S/C30H38O9/c1-15-12-20-29(14-37-20,39-17(3)31)23-25(38-26(35)18-10-8-7-9-11-18)30(36)13-19(32)16(2)21(27(30,4)5)22(33)24(34)28(15,23)6/h7-11,15,19-20,22-23,25,32-33,36H,12-14H2,1-6H3/t15-,19-,20+,22+,23-,25-,28+,29-,30+/m0/s1. The number of carbonyl (C=O) groups excluding carboxylic acids is 3. The molecule has 3 fully saturated rings. The molecule has 9 nitrogen and oxygen atoms in total. The van der Waals surface area contributed by atoms with E-state index in [9.17, 15) is 29.7 Å². The van der Waals surface area contributed by atoms with Gasteiger partial charge in [-0.05, 0) is 42.5 Å². The summed E-state index contributed by atoms with van der Waals surface area (Å²) in [6.45, 7) is 9.76. The number of hydrogen-bond acceptors (Lipinski definition) is 9. The second-order valence-electron chi connectivity index (χ2n) is 12.6. The van der Waals surface area contributed by atoms with Gasteiger partial charge in [0.25, 0.3) is 0 Å². The molecule has 1 saturated heterocycles. The minimum Gasteiger partial charge on any atom is -0.455 e. The number of esters is 2. The molecule has 2 bridgehead atoms. The number of rotatable bonds is 3. The summed E-state index contributed by atoms with van der Waals surface area (Å²) in [5.41, 5.74) is -5.19. The first-order valence-electron chi connectivity index (χ1n) is 13.5. The number of hydrogen-bond donors (Lipinski definition) is 3. The van der Waals surface area contributed by atoms with E-state index < -0.39 is 76.0 Å². The molecule has 0 unspecified atom stereocenters. The highest BCUT2D eigenvalue weighted by Crippen LogP contribution is 2.65. The van der Waals surface area contributed by atoms with E-state index in [1.165, 1.54) is 6.92 Å². The van der Waals surface area contributed by atoms with E-state index in [4.69, 9.17) is 14.2 Å². The van der Waals surface area contributed by atoms with Crippen LogP contribution in [0.3, 0.4) is 0 Å². The van der Waals surface area contributed by atoms with Crippen LogP contribution in [-0.2, 0) is 23.8 Å². The van der Waals surface area contributed by atoms with Crippen LogP contribution < -0.4 is 0 Å². The van der Waals surface area contributed by atoms with Gasteiger partial charge < -0.3 is 29.5 Å². The van der Waals surface area contributed by atoms with E-state index >= 15 is 0 Å². The van der Waals surface area contributed by atoms with Crippen LogP contribution in [0.15, 0.2) is 41.5 Å². The Hall–Kier alpha value is -2.59. The van der Waals surface area contributed by atoms with Gasteiger partial charge in [-0.2, -0.15) is 0 Å². The summed E-state index contributed by atoms with van der Waals surface area (Å²) in [7, 11) is 0. The number of benzene rings is 1. The summed E-state index contributed by atoms with van der Waals surface area (Å²) >= 11 is 0. The minimum absolute atomic E-state index is 0.0617. The lowest BCUT2D eigenvalue weighted by molar-refractivity contribution is -0.340. The van der Waals surface area contributed by atoms with Gasteiger partial charge in [0.05, 0.1) is 24.2 Å². The molecule has 4 aliphatic rings. The quantitative estimate of drug-likeness (QED) is 0.388. The van der Waals surface area contributed by atoms with Gasteiger partial charge in [-0.1, -0.05) is 45.9 Å². The average molecular weight is 543 g/mol. The van der Waals surface area contributed by atoms with Gasteiger partial charge in [0, 0.05) is 24.2 Å². The van der Waals surface area contributed by atoms with Crippen LogP contribution in [0.5, 0.6) is 0 Å². The highest BCUT2D eigenvalue weighted by molar-refractivity contribution is 5.93. The number of ether oxygens (including phenoxy) is 3. The van der Waals surface area contributed by atoms with Crippen molar-refractivity contribution in [3.05, 3.63) is 47.0 Å². The molecule has 1 heterocycles. The molecule has 5 rings (SSSR count). The number of Topliss-reactive ketones (excluding diaryl/α,β-unsaturated/α-hetero) is 1. The van der Waals surface area contributed by atoms with Crippen molar-refractivity contribution >= 4 is 17.7 Å². The Kier molecular flexibility index (Phi) is 6.42. The summed E-state index contributed by atoms with van der Waals surface area (Å²) in [5.74, 6) is -3.34. The average Bonchev–Trinajstić information content (AvgIpc) is 2.87. The first kappa shape index (κ1) is 28.0. The van der Waals surface area contributed by atoms with Crippen LogP contribution >= 0.6 is 0 Å². The smallest absolute Gasteiger partial charge is 0.338 e. The molecule has 1 aromatic rings. The topological polar surface area (TPSA) is 140 Å². The largest absolute Gasteiger partial charge is 0.455 e. The minimum atomic E-state index is -1.95. The SMILES string of the molecule is CC(=O)O[C@@]12CO[C@@H]1C[C@H](C)[C@@]1(C)C(=O)[C@H](O)C3=C(C)[C@@H](O)C[C@@](O)([C@@H](OC(=O)c4ccccc4)[C@H]21)C3(C)C. The maximum absolute atomic E-state index is 14.4. The number of aliphatic hydroxyl groups excluding tert-OH is 2. The fraction of sp³-hybridized carbons (Fsp3) is 0.633. The number of ketones is 1. The van der Waals surface area contributed by atoms with Crippen molar-refractivity contribution < 1.29 is 43.9 Å². The van der Waals surface area contributed by atoms with Crippen molar-refractivity contribution in [2.45, 2.75) is 90.0 Å². The van der Waals surface area contributed by atoms with Crippen molar-refractivity contribution in [1.29, 1.82) is 0 Å². The molecule has 0 amide bonds. The van der Waals surface area contributed by atoms with E-state index in [1.54, 1.807) is 58.0 Å². The molecule has 3 aliphatic carbocycles. The molecule has 1 aromatic carbocycles. The van der Waals surface area contributed by atoms with Gasteiger partial charge in [-0.15, -0.1) is 0 Å². The lowest BCUT2D eigenvalue weighted by atomic mass is 9.43. The third-order valence-electron chi connectivity index (χ3n) is 10.4. The fourth-order valence-corrected chi connectivity index (χ4v) is 7.96. The van der Waals surface area contributed by atoms with Crippen LogP contribution in [0, 0.1) is 22.7 Å². The molecule has 1 aliphatic heterocycles. The molecular formula is C30H38O9. The van der Waals surface area contributed by atoms with Crippen LogP contribution in [0.1, 0.15) is 64.7 Å². The summed E-state index contributed by atoms with van der Waals surface area (Å²) in [6.07, 6.45) is -4.70. The zero-order chi connectivity index (χ0) is 28.7. The van der Waals surface area contributed by atoms with E-state index in [2.05, 4.69) is 0 Å². The number of fused-ring (bicyclic) bond motifs is 5. The molecule has 212 valence electrons. The van der Waals surface area contributed by atoms with E-state index in [-0.39, 0.29) is 24.2 Å². The molecule has 39 heavy (non-hydrogen) atoms. The second kappa shape index (κ2) is 8.96. The Balaban J connectivity index is 1.81. The van der Waals surface area contributed by atoms with Crippen molar-refractivity contribution in [1.82, 2.24) is 0 Å². The molecule has 9 heteroatoms. The monoisotopic (exact) mass is 542 g/mol. The van der Waals surface area contributed by atoms with Crippen molar-refractivity contribution in [2.24, 2.45) is 22.7 Å². The molecule has 9 atom stereocenters. The predicted molar refractivity (Wildman–Crippen MR) is 138 cm³/mol.